The van der Waals surface area contributed by atoms with Gasteiger partial charge in [-0.1, -0.05) is 18.2 Å². The van der Waals surface area contributed by atoms with Crippen molar-refractivity contribution in [3.63, 3.8) is 0 Å². The molecule has 0 aliphatic heterocycles. The predicted octanol–water partition coefficient (Wildman–Crippen LogP) is 3.02. The fourth-order valence-electron chi connectivity index (χ4n) is 1.19. The van der Waals surface area contributed by atoms with Crippen molar-refractivity contribution in [1.29, 1.82) is 0 Å². The van der Waals surface area contributed by atoms with E-state index in [2.05, 4.69) is 6.58 Å². The minimum atomic E-state index is -4.39. The molecule has 1 aromatic rings. The Balaban J connectivity index is 3.20. The SMILES string of the molecule is C=CCc1cccc(C(F)(F)F)c1N. The van der Waals surface area contributed by atoms with Crippen LogP contribution in [0.5, 0.6) is 0 Å². The number of rotatable bonds is 2. The molecule has 0 saturated heterocycles. The Morgan fingerprint density at radius 1 is 1.36 bits per heavy atom. The van der Waals surface area contributed by atoms with Gasteiger partial charge in [0.25, 0.3) is 0 Å². The van der Waals surface area contributed by atoms with E-state index < -0.39 is 11.7 Å². The number of nitrogen functional groups attached to an aromatic ring is 1. The molecule has 0 saturated carbocycles. The van der Waals surface area contributed by atoms with E-state index in [0.29, 0.717) is 12.0 Å². The van der Waals surface area contributed by atoms with Crippen LogP contribution in [0.25, 0.3) is 0 Å². The molecule has 0 heterocycles. The first-order valence-electron chi connectivity index (χ1n) is 4.02. The van der Waals surface area contributed by atoms with Gasteiger partial charge in [-0.25, -0.2) is 0 Å². The quantitative estimate of drug-likeness (QED) is 0.577. The zero-order valence-electron chi connectivity index (χ0n) is 7.43. The third-order valence-electron chi connectivity index (χ3n) is 1.87. The summed E-state index contributed by atoms with van der Waals surface area (Å²) in [7, 11) is 0. The number of para-hydroxylation sites is 1. The lowest BCUT2D eigenvalue weighted by Crippen LogP contribution is -2.10. The number of hydrogen-bond donors (Lipinski definition) is 1. The second kappa shape index (κ2) is 3.74. The Bertz CT molecular complexity index is 342. The molecule has 14 heavy (non-hydrogen) atoms. The molecule has 0 fully saturated rings. The standard InChI is InChI=1S/C10H10F3N/c1-2-4-7-5-3-6-8(9(7)14)10(11,12)13/h2-3,5-6H,1,4,14H2. The molecule has 1 rings (SSSR count). The lowest BCUT2D eigenvalue weighted by Gasteiger charge is -2.12. The molecule has 0 radical (unpaired) electrons. The van der Waals surface area contributed by atoms with Crippen LogP contribution in [0.3, 0.4) is 0 Å². The van der Waals surface area contributed by atoms with Gasteiger partial charge in [-0.2, -0.15) is 13.2 Å². The van der Waals surface area contributed by atoms with Gasteiger partial charge in [0, 0.05) is 5.69 Å². The fraction of sp³-hybridized carbons (Fsp3) is 0.200. The minimum absolute atomic E-state index is 0.208. The number of hydrogen-bond acceptors (Lipinski definition) is 1. The Kier molecular flexibility index (Phi) is 2.84. The highest BCUT2D eigenvalue weighted by Crippen LogP contribution is 2.34. The molecule has 1 nitrogen and oxygen atoms in total. The fourth-order valence-corrected chi connectivity index (χ4v) is 1.19. The zero-order valence-corrected chi connectivity index (χ0v) is 7.43. The van der Waals surface area contributed by atoms with Gasteiger partial charge in [0.1, 0.15) is 0 Å². The van der Waals surface area contributed by atoms with E-state index >= 15 is 0 Å². The van der Waals surface area contributed by atoms with Gasteiger partial charge in [-0.3, -0.25) is 0 Å². The van der Waals surface area contributed by atoms with Crippen molar-refractivity contribution >= 4 is 5.69 Å². The van der Waals surface area contributed by atoms with Gasteiger partial charge in [0.2, 0.25) is 0 Å². The van der Waals surface area contributed by atoms with Crippen molar-refractivity contribution in [3.05, 3.63) is 42.0 Å². The summed E-state index contributed by atoms with van der Waals surface area (Å²) in [5.41, 5.74) is 4.85. The highest BCUT2D eigenvalue weighted by Gasteiger charge is 2.33. The van der Waals surface area contributed by atoms with Crippen LogP contribution in [0.1, 0.15) is 11.1 Å². The Morgan fingerprint density at radius 2 is 2.00 bits per heavy atom. The van der Waals surface area contributed by atoms with E-state index in [9.17, 15) is 13.2 Å². The predicted molar refractivity (Wildman–Crippen MR) is 49.8 cm³/mol. The number of anilines is 1. The van der Waals surface area contributed by atoms with Crippen LogP contribution < -0.4 is 5.73 Å². The largest absolute Gasteiger partial charge is 0.418 e. The maximum atomic E-state index is 12.4. The summed E-state index contributed by atoms with van der Waals surface area (Å²) in [5, 5.41) is 0. The van der Waals surface area contributed by atoms with Gasteiger partial charge < -0.3 is 5.73 Å². The van der Waals surface area contributed by atoms with E-state index in [-0.39, 0.29) is 5.69 Å². The summed E-state index contributed by atoms with van der Waals surface area (Å²) >= 11 is 0. The highest BCUT2D eigenvalue weighted by atomic mass is 19.4. The molecule has 0 spiro atoms. The molecular formula is C10H10F3N. The summed E-state index contributed by atoms with van der Waals surface area (Å²) < 4.78 is 37.1. The van der Waals surface area contributed by atoms with Crippen LogP contribution in [-0.2, 0) is 12.6 Å². The monoisotopic (exact) mass is 201 g/mol. The minimum Gasteiger partial charge on any atom is -0.398 e. The Labute approximate surface area is 80.0 Å². The average Bonchev–Trinajstić information content (AvgIpc) is 2.07. The molecule has 1 aromatic carbocycles. The van der Waals surface area contributed by atoms with Gasteiger partial charge >= 0.3 is 6.18 Å². The summed E-state index contributed by atoms with van der Waals surface area (Å²) in [5.74, 6) is 0. The van der Waals surface area contributed by atoms with Crippen molar-refractivity contribution < 1.29 is 13.2 Å². The maximum absolute atomic E-state index is 12.4. The number of allylic oxidation sites excluding steroid dienone is 1. The van der Waals surface area contributed by atoms with Crippen LogP contribution in [-0.4, -0.2) is 0 Å². The molecule has 76 valence electrons. The van der Waals surface area contributed by atoms with Crippen LogP contribution in [0.15, 0.2) is 30.9 Å². The first-order valence-corrected chi connectivity index (χ1v) is 4.02. The van der Waals surface area contributed by atoms with Crippen LogP contribution in [0.4, 0.5) is 18.9 Å². The highest BCUT2D eigenvalue weighted by molar-refractivity contribution is 5.55. The molecule has 2 N–H and O–H groups in total. The van der Waals surface area contributed by atoms with Crippen molar-refractivity contribution in [2.24, 2.45) is 0 Å². The second-order valence-electron chi connectivity index (χ2n) is 2.87. The molecule has 0 atom stereocenters. The van der Waals surface area contributed by atoms with Crippen molar-refractivity contribution in [3.8, 4) is 0 Å². The van der Waals surface area contributed by atoms with Gasteiger partial charge in [-0.15, -0.1) is 6.58 Å². The van der Waals surface area contributed by atoms with Crippen molar-refractivity contribution in [1.82, 2.24) is 0 Å². The zero-order chi connectivity index (χ0) is 10.8. The lowest BCUT2D eigenvalue weighted by molar-refractivity contribution is -0.136. The van der Waals surface area contributed by atoms with Gasteiger partial charge in [0.05, 0.1) is 5.56 Å². The summed E-state index contributed by atoms with van der Waals surface area (Å²) in [6.45, 7) is 3.45. The number of alkyl halides is 3. The molecule has 0 aromatic heterocycles. The number of benzene rings is 1. The number of halogens is 3. The maximum Gasteiger partial charge on any atom is 0.418 e. The lowest BCUT2D eigenvalue weighted by atomic mass is 10.0. The molecule has 0 amide bonds. The first kappa shape index (κ1) is 10.6. The number of nitrogens with two attached hydrogens (primary N) is 1. The third kappa shape index (κ3) is 2.07. The molecule has 0 unspecified atom stereocenters. The summed E-state index contributed by atoms with van der Waals surface area (Å²) in [6.07, 6.45) is -2.52. The molecule has 0 aliphatic rings. The topological polar surface area (TPSA) is 26.0 Å². The van der Waals surface area contributed by atoms with Gasteiger partial charge in [0.15, 0.2) is 0 Å². The average molecular weight is 201 g/mol. The third-order valence-corrected chi connectivity index (χ3v) is 1.87. The molecule has 4 heteroatoms. The second-order valence-corrected chi connectivity index (χ2v) is 2.87. The van der Waals surface area contributed by atoms with E-state index in [4.69, 9.17) is 5.73 Å². The van der Waals surface area contributed by atoms with Gasteiger partial charge in [-0.05, 0) is 18.1 Å². The van der Waals surface area contributed by atoms with Crippen LogP contribution in [0.2, 0.25) is 0 Å². The summed E-state index contributed by atoms with van der Waals surface area (Å²) in [4.78, 5) is 0. The summed E-state index contributed by atoms with van der Waals surface area (Å²) in [6, 6.07) is 3.88. The van der Waals surface area contributed by atoms with E-state index in [0.717, 1.165) is 6.07 Å². The van der Waals surface area contributed by atoms with Crippen molar-refractivity contribution in [2.45, 2.75) is 12.6 Å². The molecule has 0 bridgehead atoms. The Morgan fingerprint density at radius 3 is 2.50 bits per heavy atom. The first-order chi connectivity index (χ1) is 6.46. The van der Waals surface area contributed by atoms with Crippen LogP contribution in [0, 0.1) is 0 Å². The van der Waals surface area contributed by atoms with Crippen molar-refractivity contribution in [2.75, 3.05) is 5.73 Å². The molecule has 0 aliphatic carbocycles. The van der Waals surface area contributed by atoms with E-state index in [1.165, 1.54) is 12.1 Å². The van der Waals surface area contributed by atoms with E-state index in [1.807, 2.05) is 0 Å². The normalized spacial score (nSPS) is 11.4. The van der Waals surface area contributed by atoms with Crippen LogP contribution >= 0.6 is 0 Å². The van der Waals surface area contributed by atoms with E-state index in [1.54, 1.807) is 6.07 Å². The smallest absolute Gasteiger partial charge is 0.398 e. The Hall–Kier alpha value is -1.45. The molecular weight excluding hydrogens is 191 g/mol.